The number of thiophene rings is 1. The number of carbonyl (C=O) groups is 1. The zero-order chi connectivity index (χ0) is 12.1. The Morgan fingerprint density at radius 2 is 2.24 bits per heavy atom. The number of nitrogens with zero attached hydrogens (tertiary/aromatic N) is 1. The molecule has 0 aliphatic carbocycles. The van der Waals surface area contributed by atoms with Crippen molar-refractivity contribution in [3.8, 4) is 0 Å². The van der Waals surface area contributed by atoms with Crippen LogP contribution < -0.4 is 5.32 Å². The van der Waals surface area contributed by atoms with Crippen molar-refractivity contribution in [3.63, 3.8) is 0 Å². The average molecular weight is 252 g/mol. The first-order valence-corrected chi connectivity index (χ1v) is 7.28. The fraction of sp³-hybridized carbons (Fsp3) is 0.615. The molecule has 0 bridgehead atoms. The Kier molecular flexibility index (Phi) is 4.42. The van der Waals surface area contributed by atoms with E-state index in [1.54, 1.807) is 11.3 Å². The van der Waals surface area contributed by atoms with Gasteiger partial charge < -0.3 is 10.2 Å². The highest BCUT2D eigenvalue weighted by molar-refractivity contribution is 7.10. The molecule has 1 aliphatic heterocycles. The molecule has 2 rings (SSSR count). The summed E-state index contributed by atoms with van der Waals surface area (Å²) in [5, 5.41) is 5.20. The van der Waals surface area contributed by atoms with Crippen LogP contribution >= 0.6 is 11.3 Å². The van der Waals surface area contributed by atoms with E-state index >= 15 is 0 Å². The molecule has 1 fully saturated rings. The number of piperidine rings is 1. The Morgan fingerprint density at radius 1 is 1.47 bits per heavy atom. The number of nitrogens with one attached hydrogen (secondary N) is 1. The second kappa shape index (κ2) is 6.05. The van der Waals surface area contributed by atoms with E-state index in [2.05, 4.69) is 23.7 Å². The molecule has 2 heterocycles. The molecule has 1 atom stereocenters. The van der Waals surface area contributed by atoms with Gasteiger partial charge in [-0.25, -0.2) is 4.79 Å². The van der Waals surface area contributed by atoms with Crippen LogP contribution in [0.5, 0.6) is 0 Å². The molecule has 94 valence electrons. The van der Waals surface area contributed by atoms with E-state index < -0.39 is 0 Å². The summed E-state index contributed by atoms with van der Waals surface area (Å²) in [6.45, 7) is 3.93. The van der Waals surface area contributed by atoms with Gasteiger partial charge in [0, 0.05) is 18.0 Å². The zero-order valence-electron chi connectivity index (χ0n) is 10.3. The van der Waals surface area contributed by atoms with E-state index in [9.17, 15) is 4.79 Å². The third kappa shape index (κ3) is 3.22. The summed E-state index contributed by atoms with van der Waals surface area (Å²) >= 11 is 1.71. The number of hydrogen-bond donors (Lipinski definition) is 1. The lowest BCUT2D eigenvalue weighted by atomic mass is 10.1. The van der Waals surface area contributed by atoms with Crippen molar-refractivity contribution < 1.29 is 4.79 Å². The minimum atomic E-state index is 0.102. The van der Waals surface area contributed by atoms with Gasteiger partial charge >= 0.3 is 6.03 Å². The quantitative estimate of drug-likeness (QED) is 0.878. The van der Waals surface area contributed by atoms with E-state index in [1.807, 2.05) is 11.0 Å². The minimum Gasteiger partial charge on any atom is -0.330 e. The highest BCUT2D eigenvalue weighted by atomic mass is 32.1. The van der Waals surface area contributed by atoms with Gasteiger partial charge in [-0.3, -0.25) is 0 Å². The topological polar surface area (TPSA) is 32.3 Å². The molecule has 1 aromatic rings. The van der Waals surface area contributed by atoms with Crippen molar-refractivity contribution in [2.24, 2.45) is 0 Å². The fourth-order valence-corrected chi connectivity index (χ4v) is 3.06. The van der Waals surface area contributed by atoms with Crippen LogP contribution in [0.2, 0.25) is 0 Å². The Bertz CT molecular complexity index is 344. The van der Waals surface area contributed by atoms with Crippen LogP contribution in [0.25, 0.3) is 0 Å². The maximum Gasteiger partial charge on any atom is 0.317 e. The zero-order valence-corrected chi connectivity index (χ0v) is 11.1. The summed E-state index contributed by atoms with van der Waals surface area (Å²) in [6.07, 6.45) is 4.48. The van der Waals surface area contributed by atoms with Crippen LogP contribution in [-0.4, -0.2) is 24.0 Å². The summed E-state index contributed by atoms with van der Waals surface area (Å²) < 4.78 is 0. The van der Waals surface area contributed by atoms with Crippen LogP contribution in [0, 0.1) is 0 Å². The van der Waals surface area contributed by atoms with Gasteiger partial charge in [0.15, 0.2) is 0 Å². The monoisotopic (exact) mass is 252 g/mol. The molecule has 0 aromatic carbocycles. The number of rotatable bonds is 3. The molecule has 17 heavy (non-hydrogen) atoms. The summed E-state index contributed by atoms with van der Waals surface area (Å²) in [5.74, 6) is 0. The van der Waals surface area contributed by atoms with Crippen LogP contribution in [0.4, 0.5) is 4.79 Å². The van der Waals surface area contributed by atoms with Gasteiger partial charge in [0.2, 0.25) is 0 Å². The number of likely N-dealkylation sites (tertiary alicyclic amines) is 1. The molecular weight excluding hydrogens is 232 g/mol. The number of carbonyl (C=O) groups excluding carboxylic acids is 1. The lowest BCUT2D eigenvalue weighted by Gasteiger charge is -2.28. The van der Waals surface area contributed by atoms with Crippen molar-refractivity contribution in [2.75, 3.05) is 13.1 Å². The Hall–Kier alpha value is -1.03. The van der Waals surface area contributed by atoms with Gasteiger partial charge in [-0.15, -0.1) is 11.3 Å². The van der Waals surface area contributed by atoms with Crippen molar-refractivity contribution in [1.29, 1.82) is 0 Å². The maximum atomic E-state index is 12.1. The fourth-order valence-electron chi connectivity index (χ4n) is 2.20. The van der Waals surface area contributed by atoms with Crippen molar-refractivity contribution >= 4 is 17.4 Å². The summed E-state index contributed by atoms with van der Waals surface area (Å²) in [5.41, 5.74) is 0. The number of urea groups is 1. The Labute approximate surface area is 107 Å². The lowest BCUT2D eigenvalue weighted by Crippen LogP contribution is -2.43. The van der Waals surface area contributed by atoms with Crippen LogP contribution in [-0.2, 0) is 0 Å². The second-order valence-corrected chi connectivity index (χ2v) is 5.45. The molecule has 0 saturated carbocycles. The lowest BCUT2D eigenvalue weighted by molar-refractivity contribution is 0.182. The molecule has 3 nitrogen and oxygen atoms in total. The summed E-state index contributed by atoms with van der Waals surface area (Å²) in [6, 6.07) is 4.40. The molecular formula is C13H20N2OS. The molecule has 1 unspecified atom stereocenters. The maximum absolute atomic E-state index is 12.1. The molecule has 1 aliphatic rings. The highest BCUT2D eigenvalue weighted by Gasteiger charge is 2.20. The van der Waals surface area contributed by atoms with E-state index in [-0.39, 0.29) is 12.1 Å². The smallest absolute Gasteiger partial charge is 0.317 e. The molecule has 2 amide bonds. The van der Waals surface area contributed by atoms with E-state index in [1.165, 1.54) is 11.3 Å². The molecule has 0 radical (unpaired) electrons. The first-order valence-electron chi connectivity index (χ1n) is 6.40. The second-order valence-electron chi connectivity index (χ2n) is 4.47. The van der Waals surface area contributed by atoms with Gasteiger partial charge in [-0.1, -0.05) is 13.0 Å². The molecule has 1 saturated heterocycles. The molecule has 4 heteroatoms. The van der Waals surface area contributed by atoms with Crippen LogP contribution in [0.3, 0.4) is 0 Å². The molecule has 1 N–H and O–H groups in total. The average Bonchev–Trinajstić information content (AvgIpc) is 2.90. The first-order chi connectivity index (χ1) is 8.31. The standard InChI is InChI=1S/C13H20N2OS/c1-2-11(12-7-6-10-17-12)14-13(16)15-8-4-3-5-9-15/h6-7,10-11H,2-5,8-9H2,1H3,(H,14,16). The Balaban J connectivity index is 1.92. The van der Waals surface area contributed by atoms with Crippen molar-refractivity contribution in [2.45, 2.75) is 38.6 Å². The van der Waals surface area contributed by atoms with E-state index in [0.717, 1.165) is 32.4 Å². The predicted octanol–water partition coefficient (Wildman–Crippen LogP) is 3.39. The van der Waals surface area contributed by atoms with Gasteiger partial charge in [0.05, 0.1) is 6.04 Å². The summed E-state index contributed by atoms with van der Waals surface area (Å²) in [7, 11) is 0. The normalized spacial score (nSPS) is 17.8. The number of amides is 2. The third-order valence-corrected chi connectivity index (χ3v) is 4.22. The SMILES string of the molecule is CCC(NC(=O)N1CCCCC1)c1cccs1. The number of hydrogen-bond acceptors (Lipinski definition) is 2. The van der Waals surface area contributed by atoms with Gasteiger partial charge in [-0.2, -0.15) is 0 Å². The van der Waals surface area contributed by atoms with Crippen LogP contribution in [0.1, 0.15) is 43.5 Å². The Morgan fingerprint density at radius 3 is 2.82 bits per heavy atom. The first kappa shape index (κ1) is 12.4. The van der Waals surface area contributed by atoms with E-state index in [4.69, 9.17) is 0 Å². The van der Waals surface area contributed by atoms with Crippen molar-refractivity contribution in [3.05, 3.63) is 22.4 Å². The highest BCUT2D eigenvalue weighted by Crippen LogP contribution is 2.22. The molecule has 0 spiro atoms. The summed E-state index contributed by atoms with van der Waals surface area (Å²) in [4.78, 5) is 15.3. The van der Waals surface area contributed by atoms with Gasteiger partial charge in [0.1, 0.15) is 0 Å². The largest absolute Gasteiger partial charge is 0.330 e. The molecule has 1 aromatic heterocycles. The predicted molar refractivity (Wildman–Crippen MR) is 71.3 cm³/mol. The minimum absolute atomic E-state index is 0.102. The van der Waals surface area contributed by atoms with Crippen molar-refractivity contribution in [1.82, 2.24) is 10.2 Å². The van der Waals surface area contributed by atoms with Gasteiger partial charge in [-0.05, 0) is 37.1 Å². The van der Waals surface area contributed by atoms with Crippen LogP contribution in [0.15, 0.2) is 17.5 Å². The van der Waals surface area contributed by atoms with Gasteiger partial charge in [0.25, 0.3) is 0 Å². The third-order valence-electron chi connectivity index (χ3n) is 3.24. The van der Waals surface area contributed by atoms with E-state index in [0.29, 0.717) is 0 Å².